The van der Waals surface area contributed by atoms with E-state index in [1.807, 2.05) is 24.3 Å². The van der Waals surface area contributed by atoms with Crippen molar-refractivity contribution in [2.24, 2.45) is 0 Å². The summed E-state index contributed by atoms with van der Waals surface area (Å²) in [4.78, 5) is 21.7. The summed E-state index contributed by atoms with van der Waals surface area (Å²) in [7, 11) is 2.11. The molecule has 0 saturated heterocycles. The number of thiazole rings is 1. The summed E-state index contributed by atoms with van der Waals surface area (Å²) in [5.41, 5.74) is 1.81. The van der Waals surface area contributed by atoms with Crippen LogP contribution in [-0.2, 0) is 13.0 Å². The van der Waals surface area contributed by atoms with E-state index >= 15 is 0 Å². The summed E-state index contributed by atoms with van der Waals surface area (Å²) in [6.45, 7) is 6.24. The van der Waals surface area contributed by atoms with Crippen molar-refractivity contribution < 1.29 is 4.79 Å². The van der Waals surface area contributed by atoms with Gasteiger partial charge in [-0.1, -0.05) is 19.9 Å². The maximum Gasteiger partial charge on any atom is 0.257 e. The van der Waals surface area contributed by atoms with E-state index in [4.69, 9.17) is 0 Å². The molecule has 1 aromatic heterocycles. The van der Waals surface area contributed by atoms with Crippen LogP contribution in [0.3, 0.4) is 0 Å². The lowest BCUT2D eigenvalue weighted by atomic mass is 10.2. The van der Waals surface area contributed by atoms with Crippen LogP contribution in [0.2, 0.25) is 0 Å². The van der Waals surface area contributed by atoms with Crippen molar-refractivity contribution in [2.45, 2.75) is 37.0 Å². The third-order valence-corrected chi connectivity index (χ3v) is 5.61. The molecular formula is C17H21N3OS2. The SMILES string of the molecule is CC(C)Sc1cccc(C(=O)Nc2nc3c(s2)CN(C)CC3)c1. The summed E-state index contributed by atoms with van der Waals surface area (Å²) in [5.74, 6) is -0.0874. The van der Waals surface area contributed by atoms with Gasteiger partial charge in [-0.3, -0.25) is 10.1 Å². The molecule has 1 aromatic carbocycles. The predicted octanol–water partition coefficient (Wildman–Crippen LogP) is 3.88. The van der Waals surface area contributed by atoms with Crippen molar-refractivity contribution in [1.82, 2.24) is 9.88 Å². The van der Waals surface area contributed by atoms with Crippen LogP contribution in [0.1, 0.15) is 34.8 Å². The highest BCUT2D eigenvalue weighted by molar-refractivity contribution is 7.99. The molecule has 0 saturated carbocycles. The molecule has 0 unspecified atom stereocenters. The second kappa shape index (κ2) is 7.03. The van der Waals surface area contributed by atoms with E-state index in [0.29, 0.717) is 15.9 Å². The number of fused-ring (bicyclic) bond motifs is 1. The fourth-order valence-electron chi connectivity index (χ4n) is 2.53. The Bertz CT molecular complexity index is 712. The minimum Gasteiger partial charge on any atom is -0.301 e. The number of amides is 1. The number of rotatable bonds is 4. The van der Waals surface area contributed by atoms with E-state index in [1.54, 1.807) is 23.1 Å². The smallest absolute Gasteiger partial charge is 0.257 e. The molecule has 0 spiro atoms. The highest BCUT2D eigenvalue weighted by Gasteiger charge is 2.19. The van der Waals surface area contributed by atoms with Gasteiger partial charge >= 0.3 is 0 Å². The van der Waals surface area contributed by atoms with Gasteiger partial charge in [-0.05, 0) is 25.2 Å². The minimum atomic E-state index is -0.0874. The monoisotopic (exact) mass is 347 g/mol. The first-order chi connectivity index (χ1) is 11.0. The van der Waals surface area contributed by atoms with Crippen LogP contribution in [-0.4, -0.2) is 34.6 Å². The lowest BCUT2D eigenvalue weighted by molar-refractivity contribution is 0.102. The Morgan fingerprint density at radius 1 is 1.43 bits per heavy atom. The van der Waals surface area contributed by atoms with Gasteiger partial charge < -0.3 is 4.90 Å². The van der Waals surface area contributed by atoms with E-state index in [2.05, 4.69) is 36.1 Å². The lowest BCUT2D eigenvalue weighted by Gasteiger charge is -2.20. The first kappa shape index (κ1) is 16.5. The second-order valence-corrected chi connectivity index (χ2v) is 8.76. The Labute approximate surface area is 145 Å². The van der Waals surface area contributed by atoms with Gasteiger partial charge in [0.05, 0.1) is 5.69 Å². The number of benzene rings is 1. The zero-order valence-corrected chi connectivity index (χ0v) is 15.3. The molecule has 6 heteroatoms. The highest BCUT2D eigenvalue weighted by Crippen LogP contribution is 2.28. The maximum absolute atomic E-state index is 12.5. The van der Waals surface area contributed by atoms with Gasteiger partial charge in [-0.15, -0.1) is 23.1 Å². The quantitative estimate of drug-likeness (QED) is 0.853. The van der Waals surface area contributed by atoms with Crippen LogP contribution in [0.5, 0.6) is 0 Å². The van der Waals surface area contributed by atoms with Crippen molar-refractivity contribution in [3.8, 4) is 0 Å². The predicted molar refractivity (Wildman–Crippen MR) is 97.5 cm³/mol. The molecule has 3 rings (SSSR count). The van der Waals surface area contributed by atoms with Gasteiger partial charge in [-0.25, -0.2) is 4.98 Å². The molecular weight excluding hydrogens is 326 g/mol. The average molecular weight is 348 g/mol. The molecule has 2 aromatic rings. The van der Waals surface area contributed by atoms with Crippen LogP contribution < -0.4 is 5.32 Å². The molecule has 1 N–H and O–H groups in total. The molecule has 2 heterocycles. The van der Waals surface area contributed by atoms with Crippen LogP contribution in [0, 0.1) is 0 Å². The largest absolute Gasteiger partial charge is 0.301 e. The molecule has 1 aliphatic heterocycles. The zero-order chi connectivity index (χ0) is 16.4. The summed E-state index contributed by atoms with van der Waals surface area (Å²) in [5, 5.41) is 4.15. The Hall–Kier alpha value is -1.37. The first-order valence-electron chi connectivity index (χ1n) is 7.76. The number of nitrogens with zero attached hydrogens (tertiary/aromatic N) is 2. The van der Waals surface area contributed by atoms with Crippen LogP contribution in [0.25, 0.3) is 0 Å². The summed E-state index contributed by atoms with van der Waals surface area (Å²) in [6, 6.07) is 7.77. The number of hydrogen-bond acceptors (Lipinski definition) is 5. The van der Waals surface area contributed by atoms with Gasteiger partial charge in [0.25, 0.3) is 5.91 Å². The molecule has 0 radical (unpaired) electrons. The minimum absolute atomic E-state index is 0.0874. The van der Waals surface area contributed by atoms with E-state index in [1.165, 1.54) is 4.88 Å². The van der Waals surface area contributed by atoms with Gasteiger partial charge in [-0.2, -0.15) is 0 Å². The summed E-state index contributed by atoms with van der Waals surface area (Å²) < 4.78 is 0. The normalized spacial score (nSPS) is 14.8. The Morgan fingerprint density at radius 3 is 3.04 bits per heavy atom. The molecule has 1 aliphatic rings. The highest BCUT2D eigenvalue weighted by atomic mass is 32.2. The Balaban J connectivity index is 1.72. The van der Waals surface area contributed by atoms with Crippen molar-refractivity contribution in [3.63, 3.8) is 0 Å². The second-order valence-electron chi connectivity index (χ2n) is 6.03. The van der Waals surface area contributed by atoms with E-state index < -0.39 is 0 Å². The molecule has 23 heavy (non-hydrogen) atoms. The maximum atomic E-state index is 12.5. The fraction of sp³-hybridized carbons (Fsp3) is 0.412. The van der Waals surface area contributed by atoms with Crippen molar-refractivity contribution in [2.75, 3.05) is 18.9 Å². The molecule has 0 fully saturated rings. The third-order valence-electron chi connectivity index (χ3n) is 3.61. The summed E-state index contributed by atoms with van der Waals surface area (Å²) in [6.07, 6.45) is 0.957. The number of nitrogens with one attached hydrogen (secondary N) is 1. The number of likely N-dealkylation sites (N-methyl/N-ethyl adjacent to an activating group) is 1. The molecule has 122 valence electrons. The number of carbonyl (C=O) groups excluding carboxylic acids is 1. The van der Waals surface area contributed by atoms with Gasteiger partial charge in [0, 0.05) is 40.1 Å². The van der Waals surface area contributed by atoms with Gasteiger partial charge in [0.1, 0.15) is 0 Å². The first-order valence-corrected chi connectivity index (χ1v) is 9.46. The van der Waals surface area contributed by atoms with Crippen LogP contribution >= 0.6 is 23.1 Å². The van der Waals surface area contributed by atoms with E-state index in [-0.39, 0.29) is 5.91 Å². The molecule has 0 bridgehead atoms. The molecule has 1 amide bonds. The van der Waals surface area contributed by atoms with Crippen molar-refractivity contribution in [3.05, 3.63) is 40.4 Å². The zero-order valence-electron chi connectivity index (χ0n) is 13.6. The van der Waals surface area contributed by atoms with Crippen molar-refractivity contribution >= 4 is 34.1 Å². The van der Waals surface area contributed by atoms with E-state index in [9.17, 15) is 4.79 Å². The number of anilines is 1. The lowest BCUT2D eigenvalue weighted by Crippen LogP contribution is -2.25. The molecule has 0 atom stereocenters. The Morgan fingerprint density at radius 2 is 2.26 bits per heavy atom. The Kier molecular flexibility index (Phi) is 5.04. The van der Waals surface area contributed by atoms with Gasteiger partial charge in [0.15, 0.2) is 5.13 Å². The van der Waals surface area contributed by atoms with Crippen LogP contribution in [0.15, 0.2) is 29.2 Å². The molecule has 0 aliphatic carbocycles. The van der Waals surface area contributed by atoms with Crippen molar-refractivity contribution in [1.29, 1.82) is 0 Å². The average Bonchev–Trinajstić information content (AvgIpc) is 2.88. The third kappa shape index (κ3) is 4.13. The van der Waals surface area contributed by atoms with E-state index in [0.717, 1.165) is 30.1 Å². The number of thioether (sulfide) groups is 1. The fourth-order valence-corrected chi connectivity index (χ4v) is 4.51. The number of hydrogen-bond donors (Lipinski definition) is 1. The summed E-state index contributed by atoms with van der Waals surface area (Å²) >= 11 is 3.35. The van der Waals surface area contributed by atoms with Crippen LogP contribution in [0.4, 0.5) is 5.13 Å². The molecule has 4 nitrogen and oxygen atoms in total. The van der Waals surface area contributed by atoms with Gasteiger partial charge in [0.2, 0.25) is 0 Å². The topological polar surface area (TPSA) is 45.2 Å². The number of aromatic nitrogens is 1. The number of carbonyl (C=O) groups is 1. The standard InChI is InChI=1S/C17H21N3OS2/c1-11(2)22-13-6-4-5-12(9-13)16(21)19-17-18-14-7-8-20(3)10-15(14)23-17/h4-6,9,11H,7-8,10H2,1-3H3,(H,18,19,21).